The SMILES string of the molecule is CSC1(C(N)=NO)CCN(Cc2ccccc2)CC1. The Kier molecular flexibility index (Phi) is 4.71. The predicted molar refractivity (Wildman–Crippen MR) is 80.6 cm³/mol. The molecule has 19 heavy (non-hydrogen) atoms. The first-order chi connectivity index (χ1) is 9.20. The highest BCUT2D eigenvalue weighted by molar-refractivity contribution is 8.00. The monoisotopic (exact) mass is 279 g/mol. The first-order valence-electron chi connectivity index (χ1n) is 6.49. The molecule has 4 nitrogen and oxygen atoms in total. The van der Waals surface area contributed by atoms with E-state index in [1.807, 2.05) is 12.3 Å². The highest BCUT2D eigenvalue weighted by atomic mass is 32.2. The second kappa shape index (κ2) is 6.30. The maximum atomic E-state index is 8.92. The standard InChI is InChI=1S/C14H21N3OS/c1-19-14(13(15)16-18)7-9-17(10-8-14)11-12-5-3-2-4-6-12/h2-6,18H,7-11H2,1H3,(H2,15,16). The molecule has 0 unspecified atom stereocenters. The van der Waals surface area contributed by atoms with E-state index in [4.69, 9.17) is 10.9 Å². The van der Waals surface area contributed by atoms with Crippen molar-refractivity contribution in [1.82, 2.24) is 4.90 Å². The van der Waals surface area contributed by atoms with Crippen LogP contribution in [0.3, 0.4) is 0 Å². The van der Waals surface area contributed by atoms with Crippen molar-refractivity contribution in [2.24, 2.45) is 10.9 Å². The van der Waals surface area contributed by atoms with Crippen LogP contribution >= 0.6 is 11.8 Å². The smallest absolute Gasteiger partial charge is 0.155 e. The van der Waals surface area contributed by atoms with Gasteiger partial charge in [0.05, 0.1) is 4.75 Å². The molecule has 1 aliphatic rings. The summed E-state index contributed by atoms with van der Waals surface area (Å²) in [5, 5.41) is 12.1. The van der Waals surface area contributed by atoms with E-state index in [1.54, 1.807) is 11.8 Å². The van der Waals surface area contributed by atoms with E-state index in [0.29, 0.717) is 5.84 Å². The van der Waals surface area contributed by atoms with Gasteiger partial charge < -0.3 is 10.9 Å². The van der Waals surface area contributed by atoms with Gasteiger partial charge >= 0.3 is 0 Å². The van der Waals surface area contributed by atoms with Crippen molar-refractivity contribution in [3.63, 3.8) is 0 Å². The average Bonchev–Trinajstić information content (AvgIpc) is 2.48. The molecule has 0 amide bonds. The van der Waals surface area contributed by atoms with Crippen molar-refractivity contribution in [2.75, 3.05) is 19.3 Å². The molecular weight excluding hydrogens is 258 g/mol. The Bertz CT molecular complexity index is 428. The normalized spacial score (nSPS) is 20.4. The van der Waals surface area contributed by atoms with Gasteiger partial charge in [0, 0.05) is 19.6 Å². The second-order valence-corrected chi connectivity index (χ2v) is 6.14. The molecular formula is C14H21N3OS. The van der Waals surface area contributed by atoms with E-state index >= 15 is 0 Å². The number of rotatable bonds is 4. The molecule has 1 aromatic carbocycles. The van der Waals surface area contributed by atoms with Gasteiger partial charge in [-0.05, 0) is 24.7 Å². The molecule has 3 N–H and O–H groups in total. The van der Waals surface area contributed by atoms with Gasteiger partial charge in [0.2, 0.25) is 0 Å². The van der Waals surface area contributed by atoms with Crippen LogP contribution in [0.2, 0.25) is 0 Å². The molecule has 0 saturated carbocycles. The third-order valence-electron chi connectivity index (χ3n) is 3.88. The van der Waals surface area contributed by atoms with Crippen molar-refractivity contribution in [3.8, 4) is 0 Å². The molecule has 0 bridgehead atoms. The minimum atomic E-state index is -0.193. The average molecular weight is 279 g/mol. The minimum absolute atomic E-state index is 0.193. The number of piperidine rings is 1. The Morgan fingerprint density at radius 1 is 1.37 bits per heavy atom. The zero-order valence-corrected chi connectivity index (χ0v) is 12.1. The van der Waals surface area contributed by atoms with E-state index < -0.39 is 0 Å². The molecule has 2 rings (SSSR count). The van der Waals surface area contributed by atoms with Crippen LogP contribution in [0.25, 0.3) is 0 Å². The lowest BCUT2D eigenvalue weighted by Crippen LogP contribution is -2.49. The first kappa shape index (κ1) is 14.2. The molecule has 1 fully saturated rings. The Morgan fingerprint density at radius 3 is 2.53 bits per heavy atom. The van der Waals surface area contributed by atoms with Crippen LogP contribution in [0, 0.1) is 0 Å². The quantitative estimate of drug-likeness (QED) is 0.383. The maximum absolute atomic E-state index is 8.92. The molecule has 0 spiro atoms. The number of hydrogen-bond acceptors (Lipinski definition) is 4. The largest absolute Gasteiger partial charge is 0.409 e. The Balaban J connectivity index is 1.95. The minimum Gasteiger partial charge on any atom is -0.409 e. The number of nitrogens with two attached hydrogens (primary N) is 1. The van der Waals surface area contributed by atoms with E-state index in [0.717, 1.165) is 32.5 Å². The lowest BCUT2D eigenvalue weighted by atomic mass is 9.94. The van der Waals surface area contributed by atoms with Gasteiger partial charge in [0.15, 0.2) is 5.84 Å². The van der Waals surface area contributed by atoms with Crippen LogP contribution in [0.4, 0.5) is 0 Å². The Labute approximate surface area is 118 Å². The molecule has 0 aromatic heterocycles. The molecule has 0 radical (unpaired) electrons. The van der Waals surface area contributed by atoms with Crippen LogP contribution in [-0.2, 0) is 6.54 Å². The third kappa shape index (κ3) is 3.22. The fourth-order valence-electron chi connectivity index (χ4n) is 2.57. The van der Waals surface area contributed by atoms with Crippen molar-refractivity contribution >= 4 is 17.6 Å². The van der Waals surface area contributed by atoms with Gasteiger partial charge in [-0.15, -0.1) is 0 Å². The van der Waals surface area contributed by atoms with E-state index in [1.165, 1.54) is 5.56 Å². The molecule has 1 aliphatic heterocycles. The van der Waals surface area contributed by atoms with Crippen LogP contribution in [0.5, 0.6) is 0 Å². The predicted octanol–water partition coefficient (Wildman–Crippen LogP) is 2.13. The first-order valence-corrected chi connectivity index (χ1v) is 7.72. The number of likely N-dealkylation sites (tertiary alicyclic amines) is 1. The van der Waals surface area contributed by atoms with Crippen LogP contribution in [-0.4, -0.2) is 40.0 Å². The van der Waals surface area contributed by atoms with Crippen molar-refractivity contribution in [3.05, 3.63) is 35.9 Å². The van der Waals surface area contributed by atoms with Gasteiger partial charge in [0.25, 0.3) is 0 Å². The Morgan fingerprint density at radius 2 is 2.00 bits per heavy atom. The van der Waals surface area contributed by atoms with Crippen molar-refractivity contribution in [2.45, 2.75) is 24.1 Å². The zero-order chi connectivity index (χ0) is 13.7. The summed E-state index contributed by atoms with van der Waals surface area (Å²) in [6.45, 7) is 2.93. The summed E-state index contributed by atoms with van der Waals surface area (Å²) in [5.41, 5.74) is 7.19. The highest BCUT2D eigenvalue weighted by Crippen LogP contribution is 2.35. The van der Waals surface area contributed by atoms with E-state index in [-0.39, 0.29) is 4.75 Å². The van der Waals surface area contributed by atoms with Crippen molar-refractivity contribution < 1.29 is 5.21 Å². The molecule has 1 saturated heterocycles. The molecule has 104 valence electrons. The van der Waals surface area contributed by atoms with Gasteiger partial charge in [0.1, 0.15) is 0 Å². The lowest BCUT2D eigenvalue weighted by molar-refractivity contribution is 0.209. The summed E-state index contributed by atoms with van der Waals surface area (Å²) in [6.07, 6.45) is 3.89. The van der Waals surface area contributed by atoms with E-state index in [2.05, 4.69) is 34.3 Å². The third-order valence-corrected chi connectivity index (χ3v) is 5.28. The number of thioether (sulfide) groups is 1. The van der Waals surface area contributed by atoms with E-state index in [9.17, 15) is 0 Å². The van der Waals surface area contributed by atoms with Gasteiger partial charge in [-0.1, -0.05) is 35.5 Å². The highest BCUT2D eigenvalue weighted by Gasteiger charge is 2.38. The van der Waals surface area contributed by atoms with Crippen LogP contribution in [0.1, 0.15) is 18.4 Å². The summed E-state index contributed by atoms with van der Waals surface area (Å²) in [7, 11) is 0. The second-order valence-electron chi connectivity index (χ2n) is 4.95. The molecule has 1 aromatic rings. The number of amidine groups is 1. The summed E-state index contributed by atoms with van der Waals surface area (Å²) < 4.78 is -0.193. The molecule has 0 atom stereocenters. The summed E-state index contributed by atoms with van der Waals surface area (Å²) >= 11 is 1.69. The summed E-state index contributed by atoms with van der Waals surface area (Å²) in [6, 6.07) is 10.5. The summed E-state index contributed by atoms with van der Waals surface area (Å²) in [4.78, 5) is 2.43. The number of oxime groups is 1. The molecule has 1 heterocycles. The van der Waals surface area contributed by atoms with Gasteiger partial charge in [-0.3, -0.25) is 4.90 Å². The number of nitrogens with zero attached hydrogens (tertiary/aromatic N) is 2. The molecule has 0 aliphatic carbocycles. The van der Waals surface area contributed by atoms with Crippen LogP contribution in [0.15, 0.2) is 35.5 Å². The van der Waals surface area contributed by atoms with Crippen molar-refractivity contribution in [1.29, 1.82) is 0 Å². The zero-order valence-electron chi connectivity index (χ0n) is 11.2. The number of benzene rings is 1. The van der Waals surface area contributed by atoms with Gasteiger partial charge in [-0.25, -0.2) is 0 Å². The molecule has 5 heteroatoms. The van der Waals surface area contributed by atoms with Crippen LogP contribution < -0.4 is 5.73 Å². The topological polar surface area (TPSA) is 61.9 Å². The Hall–Kier alpha value is -1.20. The van der Waals surface area contributed by atoms with Gasteiger partial charge in [-0.2, -0.15) is 11.8 Å². The maximum Gasteiger partial charge on any atom is 0.155 e. The number of hydrogen-bond donors (Lipinski definition) is 2. The summed E-state index contributed by atoms with van der Waals surface area (Å²) in [5.74, 6) is 0.361. The fourth-order valence-corrected chi connectivity index (χ4v) is 3.41. The lowest BCUT2D eigenvalue weighted by Gasteiger charge is -2.39. The fraction of sp³-hybridized carbons (Fsp3) is 0.500.